The molecule has 7 heteroatoms. The average molecular weight is 258 g/mol. The van der Waals surface area contributed by atoms with E-state index in [0.717, 1.165) is 0 Å². The molecule has 84 valence electrons. The maximum Gasteiger partial charge on any atom is 1.00 e. The summed E-state index contributed by atoms with van der Waals surface area (Å²) in [6.45, 7) is 2.75. The summed E-state index contributed by atoms with van der Waals surface area (Å²) in [7, 11) is 0. The van der Waals surface area contributed by atoms with Gasteiger partial charge in [-0.15, -0.1) is 0 Å². The van der Waals surface area contributed by atoms with Crippen LogP contribution < -0.4 is 69.3 Å². The van der Waals surface area contributed by atoms with E-state index < -0.39 is 35.0 Å². The van der Waals surface area contributed by atoms with E-state index in [0.29, 0.717) is 12.8 Å². The van der Waals surface area contributed by atoms with Crippen LogP contribution in [0, 0.1) is 10.8 Å². The molecule has 2 fully saturated rings. The van der Waals surface area contributed by atoms with Crippen molar-refractivity contribution in [2.75, 3.05) is 0 Å². The zero-order valence-corrected chi connectivity index (χ0v) is 14.6. The van der Waals surface area contributed by atoms with Crippen LogP contribution in [0.4, 0.5) is 0 Å². The normalized spacial score (nSPS) is 42.5. The number of ether oxygens (including phenoxy) is 1. The number of rotatable bonds is 2. The van der Waals surface area contributed by atoms with Gasteiger partial charge in [-0.3, -0.25) is 0 Å². The minimum atomic E-state index is -1.49. The Morgan fingerprint density at radius 2 is 1.29 bits per heavy atom. The van der Waals surface area contributed by atoms with Crippen molar-refractivity contribution >= 4 is 11.9 Å². The van der Waals surface area contributed by atoms with Crippen LogP contribution >= 0.6 is 0 Å². The summed E-state index contributed by atoms with van der Waals surface area (Å²) in [4.78, 5) is 22.3. The molecule has 2 heterocycles. The van der Waals surface area contributed by atoms with Gasteiger partial charge < -0.3 is 24.5 Å². The molecule has 2 saturated heterocycles. The first kappa shape index (κ1) is 17.9. The Morgan fingerprint density at radius 1 is 1.00 bits per heavy atom. The van der Waals surface area contributed by atoms with Gasteiger partial charge in [0.05, 0.1) is 24.1 Å². The molecule has 5 nitrogen and oxygen atoms in total. The number of hydrogen-bond donors (Lipinski definition) is 0. The summed E-state index contributed by atoms with van der Waals surface area (Å²) in [5.41, 5.74) is -2.98. The molecule has 2 bridgehead atoms. The van der Waals surface area contributed by atoms with Crippen LogP contribution in [0.3, 0.4) is 0 Å². The first-order valence-corrected chi connectivity index (χ1v) is 4.93. The van der Waals surface area contributed by atoms with Gasteiger partial charge in [0.15, 0.2) is 0 Å². The Labute approximate surface area is 144 Å². The second-order valence-corrected chi connectivity index (χ2v) is 4.67. The Balaban J connectivity index is 0.00000128. The Bertz CT molecular complexity index is 316. The quantitative estimate of drug-likeness (QED) is 0.459. The van der Waals surface area contributed by atoms with E-state index in [4.69, 9.17) is 4.74 Å². The molecule has 0 saturated carbocycles. The van der Waals surface area contributed by atoms with E-state index in [1.807, 2.05) is 0 Å². The average Bonchev–Trinajstić information content (AvgIpc) is 2.69. The molecule has 0 aliphatic carbocycles. The second-order valence-electron chi connectivity index (χ2n) is 4.67. The van der Waals surface area contributed by atoms with E-state index in [-0.39, 0.29) is 59.1 Å². The van der Waals surface area contributed by atoms with Crippen LogP contribution in [0.1, 0.15) is 26.7 Å². The number of carboxylic acid groups (broad SMARTS) is 2. The molecule has 0 N–H and O–H groups in total. The summed E-state index contributed by atoms with van der Waals surface area (Å²) in [6.07, 6.45) is -0.0125. The van der Waals surface area contributed by atoms with Gasteiger partial charge >= 0.3 is 59.1 Å². The van der Waals surface area contributed by atoms with Crippen LogP contribution in [0.15, 0.2) is 0 Å². The summed E-state index contributed by atoms with van der Waals surface area (Å²) >= 11 is 0. The SMILES string of the molecule is CC1(C(=O)[O-])C2CCC(O2)C1(C)C(=O)[O-].[Na+].[Na+]. The number of carbonyl (C=O) groups is 2. The van der Waals surface area contributed by atoms with Crippen LogP contribution in [0.2, 0.25) is 0 Å². The number of carbonyl (C=O) groups excluding carboxylic acids is 2. The summed E-state index contributed by atoms with van der Waals surface area (Å²) in [5.74, 6) is -2.75. The minimum absolute atomic E-state index is 0. The Morgan fingerprint density at radius 3 is 1.53 bits per heavy atom. The van der Waals surface area contributed by atoms with Gasteiger partial charge in [0, 0.05) is 10.8 Å². The maximum absolute atomic E-state index is 11.2. The zero-order valence-electron chi connectivity index (χ0n) is 10.6. The molecule has 17 heavy (non-hydrogen) atoms. The predicted octanol–water partition coefficient (Wildman–Crippen LogP) is -7.93. The van der Waals surface area contributed by atoms with Crippen molar-refractivity contribution in [1.82, 2.24) is 0 Å². The van der Waals surface area contributed by atoms with Crippen molar-refractivity contribution in [3.8, 4) is 0 Å². The van der Waals surface area contributed by atoms with Gasteiger partial charge in [0.1, 0.15) is 0 Å². The molecule has 0 spiro atoms. The molecule has 0 aromatic rings. The van der Waals surface area contributed by atoms with Gasteiger partial charge in [-0.25, -0.2) is 0 Å². The van der Waals surface area contributed by atoms with Crippen molar-refractivity contribution in [1.29, 1.82) is 0 Å². The third kappa shape index (κ3) is 2.04. The fourth-order valence-electron chi connectivity index (χ4n) is 2.84. The molecule has 4 unspecified atom stereocenters. The molecule has 0 aromatic heterocycles. The van der Waals surface area contributed by atoms with Crippen molar-refractivity contribution in [3.05, 3.63) is 0 Å². The Hall–Kier alpha value is 0.900. The molecule has 2 aliphatic rings. The number of carboxylic acids is 2. The molecular weight excluding hydrogens is 246 g/mol. The predicted molar refractivity (Wildman–Crippen MR) is 44.1 cm³/mol. The molecule has 4 atom stereocenters. The number of hydrogen-bond acceptors (Lipinski definition) is 5. The van der Waals surface area contributed by atoms with Crippen LogP contribution in [0.5, 0.6) is 0 Å². The van der Waals surface area contributed by atoms with Gasteiger partial charge in [-0.1, -0.05) is 13.8 Å². The van der Waals surface area contributed by atoms with Crippen LogP contribution in [-0.2, 0) is 14.3 Å². The summed E-state index contributed by atoms with van der Waals surface area (Å²) < 4.78 is 5.38. The molecule has 0 radical (unpaired) electrons. The topological polar surface area (TPSA) is 89.5 Å². The van der Waals surface area contributed by atoms with Gasteiger partial charge in [-0.05, 0) is 12.8 Å². The van der Waals surface area contributed by atoms with E-state index in [1.54, 1.807) is 0 Å². The van der Waals surface area contributed by atoms with E-state index in [2.05, 4.69) is 0 Å². The number of aliphatic carboxylic acids is 2. The van der Waals surface area contributed by atoms with Crippen molar-refractivity contribution in [2.45, 2.75) is 38.9 Å². The molecule has 2 aliphatic heterocycles. The van der Waals surface area contributed by atoms with Gasteiger partial charge in [0.25, 0.3) is 0 Å². The fourth-order valence-corrected chi connectivity index (χ4v) is 2.84. The summed E-state index contributed by atoms with van der Waals surface area (Å²) in [6, 6.07) is 0. The minimum Gasteiger partial charge on any atom is -0.549 e. The molecule has 0 aromatic carbocycles. The first-order chi connectivity index (χ1) is 6.85. The monoisotopic (exact) mass is 258 g/mol. The van der Waals surface area contributed by atoms with Gasteiger partial charge in [-0.2, -0.15) is 0 Å². The summed E-state index contributed by atoms with van der Waals surface area (Å²) in [5, 5.41) is 22.3. The van der Waals surface area contributed by atoms with Gasteiger partial charge in [0.2, 0.25) is 0 Å². The largest absolute Gasteiger partial charge is 1.00 e. The molecule has 2 rings (SSSR count). The van der Waals surface area contributed by atoms with Crippen LogP contribution in [-0.4, -0.2) is 24.1 Å². The first-order valence-electron chi connectivity index (χ1n) is 4.93. The molecule has 0 amide bonds. The fraction of sp³-hybridized carbons (Fsp3) is 0.800. The third-order valence-corrected chi connectivity index (χ3v) is 4.23. The van der Waals surface area contributed by atoms with Crippen molar-refractivity contribution in [3.63, 3.8) is 0 Å². The zero-order chi connectivity index (χ0) is 11.4. The third-order valence-electron chi connectivity index (χ3n) is 4.23. The van der Waals surface area contributed by atoms with E-state index >= 15 is 0 Å². The Kier molecular flexibility index (Phi) is 5.78. The standard InChI is InChI=1S/C10H14O5.2Na/c1-9(7(11)12)5-3-4-6(15-5)10(9,2)8(13)14;;/h5-6H,3-4H2,1-2H3,(H,11,12)(H,13,14);;/q;2*+1/p-2. The van der Waals surface area contributed by atoms with E-state index in [9.17, 15) is 19.8 Å². The molecular formula is C10H12Na2O5. The maximum atomic E-state index is 11.2. The second kappa shape index (κ2) is 5.49. The van der Waals surface area contributed by atoms with Crippen LogP contribution in [0.25, 0.3) is 0 Å². The van der Waals surface area contributed by atoms with Crippen molar-refractivity contribution in [2.24, 2.45) is 10.8 Å². The van der Waals surface area contributed by atoms with E-state index in [1.165, 1.54) is 13.8 Å². The number of fused-ring (bicyclic) bond motifs is 2. The smallest absolute Gasteiger partial charge is 0.549 e. The van der Waals surface area contributed by atoms with Crippen molar-refractivity contribution < 1.29 is 83.7 Å².